The van der Waals surface area contributed by atoms with E-state index in [9.17, 15) is 0 Å². The van der Waals surface area contributed by atoms with Crippen LogP contribution >= 0.6 is 0 Å². The van der Waals surface area contributed by atoms with Gasteiger partial charge in [0.1, 0.15) is 11.6 Å². The minimum Gasteiger partial charge on any atom is -0.496 e. The Kier molecular flexibility index (Phi) is 2.18. The smallest absolute Gasteiger partial charge is 0.231 e. The van der Waals surface area contributed by atoms with Crippen molar-refractivity contribution in [3.05, 3.63) is 24.2 Å². The molecule has 0 saturated heterocycles. The van der Waals surface area contributed by atoms with Crippen molar-refractivity contribution in [3.63, 3.8) is 0 Å². The van der Waals surface area contributed by atoms with E-state index in [4.69, 9.17) is 14.2 Å². The molecule has 0 bridgehead atoms. The number of aromatic amines is 1. The molecule has 0 aliphatic carbocycles. The number of H-pyrrole nitrogens is 1. The van der Waals surface area contributed by atoms with Crippen LogP contribution in [0.25, 0.3) is 11.3 Å². The number of benzene rings is 1. The first kappa shape index (κ1) is 10.0. The van der Waals surface area contributed by atoms with Crippen LogP contribution < -0.4 is 14.2 Å². The van der Waals surface area contributed by atoms with Gasteiger partial charge in [0.15, 0.2) is 11.5 Å². The highest BCUT2D eigenvalue weighted by Crippen LogP contribution is 2.41. The zero-order chi connectivity index (χ0) is 11.8. The predicted octanol–water partition coefficient (Wildman–Crippen LogP) is 2.12. The number of ether oxygens (including phenoxy) is 3. The molecule has 2 aromatic rings. The lowest BCUT2D eigenvalue weighted by molar-refractivity contribution is 0.174. The number of imidazole rings is 1. The van der Waals surface area contributed by atoms with E-state index in [1.165, 1.54) is 0 Å². The van der Waals surface area contributed by atoms with Gasteiger partial charge in [0, 0.05) is 11.6 Å². The lowest BCUT2D eigenvalue weighted by atomic mass is 10.1. The second-order valence-electron chi connectivity index (χ2n) is 3.79. The molecule has 2 heterocycles. The summed E-state index contributed by atoms with van der Waals surface area (Å²) >= 11 is 0. The summed E-state index contributed by atoms with van der Waals surface area (Å²) in [4.78, 5) is 7.35. The van der Waals surface area contributed by atoms with Crippen LogP contribution in [0.4, 0.5) is 0 Å². The van der Waals surface area contributed by atoms with Crippen LogP contribution in [-0.2, 0) is 0 Å². The molecule has 0 radical (unpaired) electrons. The van der Waals surface area contributed by atoms with Gasteiger partial charge in [0.25, 0.3) is 0 Å². The largest absolute Gasteiger partial charge is 0.496 e. The number of nitrogens with zero attached hydrogens (tertiary/aromatic N) is 1. The third-order valence-electron chi connectivity index (χ3n) is 2.69. The maximum absolute atomic E-state index is 5.35. The zero-order valence-corrected chi connectivity index (χ0v) is 9.61. The molecule has 0 unspecified atom stereocenters. The van der Waals surface area contributed by atoms with E-state index in [2.05, 4.69) is 9.97 Å². The minimum atomic E-state index is 0.254. The number of rotatable bonds is 2. The maximum Gasteiger partial charge on any atom is 0.231 e. The number of aromatic nitrogens is 2. The minimum absolute atomic E-state index is 0.254. The topological polar surface area (TPSA) is 56.4 Å². The van der Waals surface area contributed by atoms with Gasteiger partial charge < -0.3 is 19.2 Å². The van der Waals surface area contributed by atoms with Gasteiger partial charge >= 0.3 is 0 Å². The normalized spacial score (nSPS) is 12.8. The van der Waals surface area contributed by atoms with Crippen LogP contribution in [0.2, 0.25) is 0 Å². The molecule has 1 aliphatic rings. The molecule has 88 valence electrons. The Morgan fingerprint density at radius 2 is 2.06 bits per heavy atom. The van der Waals surface area contributed by atoms with Crippen molar-refractivity contribution in [1.82, 2.24) is 9.97 Å². The summed E-state index contributed by atoms with van der Waals surface area (Å²) in [7, 11) is 1.63. The van der Waals surface area contributed by atoms with Gasteiger partial charge in [-0.3, -0.25) is 0 Å². The summed E-state index contributed by atoms with van der Waals surface area (Å²) in [5.41, 5.74) is 1.81. The third kappa shape index (κ3) is 1.60. The Labute approximate surface area is 98.3 Å². The molecule has 5 heteroatoms. The van der Waals surface area contributed by atoms with E-state index >= 15 is 0 Å². The van der Waals surface area contributed by atoms with Crippen molar-refractivity contribution < 1.29 is 14.2 Å². The highest BCUT2D eigenvalue weighted by Gasteiger charge is 2.19. The number of methoxy groups -OCH3 is 1. The molecule has 1 aromatic heterocycles. The summed E-state index contributed by atoms with van der Waals surface area (Å²) in [5, 5.41) is 0. The fourth-order valence-electron chi connectivity index (χ4n) is 1.86. The number of fused-ring (bicyclic) bond motifs is 1. The van der Waals surface area contributed by atoms with Gasteiger partial charge in [0.05, 0.1) is 19.0 Å². The van der Waals surface area contributed by atoms with Crippen molar-refractivity contribution >= 4 is 0 Å². The number of hydrogen-bond acceptors (Lipinski definition) is 4. The number of aryl methyl sites for hydroxylation is 1. The van der Waals surface area contributed by atoms with Crippen LogP contribution in [0.15, 0.2) is 18.3 Å². The van der Waals surface area contributed by atoms with Crippen LogP contribution in [0, 0.1) is 6.92 Å². The van der Waals surface area contributed by atoms with Crippen molar-refractivity contribution in [1.29, 1.82) is 0 Å². The first-order valence-electron chi connectivity index (χ1n) is 5.27. The quantitative estimate of drug-likeness (QED) is 0.861. The van der Waals surface area contributed by atoms with Crippen LogP contribution in [0.3, 0.4) is 0 Å². The molecule has 1 N–H and O–H groups in total. The van der Waals surface area contributed by atoms with Crippen molar-refractivity contribution in [2.75, 3.05) is 13.9 Å². The lowest BCUT2D eigenvalue weighted by Gasteiger charge is -2.08. The van der Waals surface area contributed by atoms with Crippen LogP contribution in [0.5, 0.6) is 17.2 Å². The Morgan fingerprint density at radius 1 is 1.29 bits per heavy atom. The standard InChI is InChI=1S/C12H12N2O3/c1-7-13-5-9(14-7)8-3-11-12(17-6-16-11)4-10(8)15-2/h3-5H,6H2,1-2H3,(H,13,14). The van der Waals surface area contributed by atoms with Crippen molar-refractivity contribution in [2.45, 2.75) is 6.92 Å². The summed E-state index contributed by atoms with van der Waals surface area (Å²) in [5.74, 6) is 3.03. The average molecular weight is 232 g/mol. The lowest BCUT2D eigenvalue weighted by Crippen LogP contribution is -1.92. The second kappa shape index (κ2) is 3.69. The van der Waals surface area contributed by atoms with Crippen molar-refractivity contribution in [2.24, 2.45) is 0 Å². The molecular weight excluding hydrogens is 220 g/mol. The van der Waals surface area contributed by atoms with E-state index in [0.29, 0.717) is 5.75 Å². The summed E-state index contributed by atoms with van der Waals surface area (Å²) in [6, 6.07) is 3.72. The Bertz CT molecular complexity index is 563. The molecule has 3 rings (SSSR count). The number of hydrogen-bond donors (Lipinski definition) is 1. The molecule has 0 atom stereocenters. The van der Waals surface area contributed by atoms with E-state index in [1.807, 2.05) is 19.1 Å². The highest BCUT2D eigenvalue weighted by atomic mass is 16.7. The van der Waals surface area contributed by atoms with Gasteiger partial charge in [-0.1, -0.05) is 0 Å². The van der Waals surface area contributed by atoms with E-state index in [-0.39, 0.29) is 6.79 Å². The molecule has 1 aliphatic heterocycles. The monoisotopic (exact) mass is 232 g/mol. The highest BCUT2D eigenvalue weighted by molar-refractivity contribution is 5.71. The molecule has 17 heavy (non-hydrogen) atoms. The van der Waals surface area contributed by atoms with Gasteiger partial charge in [-0.25, -0.2) is 4.98 Å². The molecule has 0 spiro atoms. The first-order chi connectivity index (χ1) is 8.28. The summed E-state index contributed by atoms with van der Waals surface area (Å²) in [6.07, 6.45) is 1.77. The maximum atomic E-state index is 5.35. The predicted molar refractivity (Wildman–Crippen MR) is 61.4 cm³/mol. The van der Waals surface area contributed by atoms with Gasteiger partial charge in [-0.15, -0.1) is 0 Å². The van der Waals surface area contributed by atoms with Crippen molar-refractivity contribution in [3.8, 4) is 28.5 Å². The Morgan fingerprint density at radius 3 is 2.71 bits per heavy atom. The van der Waals surface area contributed by atoms with E-state index < -0.39 is 0 Å². The Balaban J connectivity index is 2.15. The third-order valence-corrected chi connectivity index (χ3v) is 2.69. The summed E-state index contributed by atoms with van der Waals surface area (Å²) < 4.78 is 16.0. The number of nitrogens with one attached hydrogen (secondary N) is 1. The summed E-state index contributed by atoms with van der Waals surface area (Å²) in [6.45, 7) is 2.16. The van der Waals surface area contributed by atoms with Gasteiger partial charge in [-0.05, 0) is 13.0 Å². The second-order valence-corrected chi connectivity index (χ2v) is 3.79. The molecule has 1 aromatic carbocycles. The first-order valence-corrected chi connectivity index (χ1v) is 5.27. The fraction of sp³-hybridized carbons (Fsp3) is 0.250. The average Bonchev–Trinajstić information content (AvgIpc) is 2.94. The molecule has 0 saturated carbocycles. The van der Waals surface area contributed by atoms with Crippen LogP contribution in [-0.4, -0.2) is 23.9 Å². The zero-order valence-electron chi connectivity index (χ0n) is 9.61. The molecule has 0 fully saturated rings. The van der Waals surface area contributed by atoms with Crippen LogP contribution in [0.1, 0.15) is 5.82 Å². The fourth-order valence-corrected chi connectivity index (χ4v) is 1.86. The van der Waals surface area contributed by atoms with Gasteiger partial charge in [-0.2, -0.15) is 0 Å². The Hall–Kier alpha value is -2.17. The van der Waals surface area contributed by atoms with E-state index in [0.717, 1.165) is 28.6 Å². The molecule has 5 nitrogen and oxygen atoms in total. The molecule has 0 amide bonds. The molecular formula is C12H12N2O3. The van der Waals surface area contributed by atoms with E-state index in [1.54, 1.807) is 13.3 Å². The SMILES string of the molecule is COc1cc2c(cc1-c1cnc(C)[nH]1)OCO2. The van der Waals surface area contributed by atoms with Gasteiger partial charge in [0.2, 0.25) is 6.79 Å².